The zero-order valence-electron chi connectivity index (χ0n) is 22.2. The Balaban J connectivity index is 1.59. The predicted octanol–water partition coefficient (Wildman–Crippen LogP) is 7.30. The maximum atomic E-state index is 13.9. The standard InChI is InChI=1S/C31H32N2O4S/c1-5-36-31(35)28-22-15-14-19(4)16-27(22)38-30(28)33-29(34)23-17-25(32-24-12-8-6-10-20(23)24)21-11-7-9-13-26(21)37-18(2)3/h6-13,17-19H,5,14-16H2,1-4H3,(H,33,34)/t19-/m1/s1. The van der Waals surface area contributed by atoms with Crippen LogP contribution >= 0.6 is 11.3 Å². The highest BCUT2D eigenvalue weighted by Gasteiger charge is 2.29. The molecule has 1 amide bonds. The summed E-state index contributed by atoms with van der Waals surface area (Å²) in [4.78, 5) is 32.9. The molecule has 0 fully saturated rings. The number of hydrogen-bond acceptors (Lipinski definition) is 6. The lowest BCUT2D eigenvalue weighted by atomic mass is 9.88. The highest BCUT2D eigenvalue weighted by Crippen LogP contribution is 2.41. The summed E-state index contributed by atoms with van der Waals surface area (Å²) in [6.07, 6.45) is 2.72. The number of fused-ring (bicyclic) bond motifs is 2. The number of nitrogens with zero attached hydrogens (tertiary/aromatic N) is 1. The van der Waals surface area contributed by atoms with Gasteiger partial charge in [-0.2, -0.15) is 0 Å². The molecule has 2 heterocycles. The number of hydrogen-bond donors (Lipinski definition) is 1. The van der Waals surface area contributed by atoms with Gasteiger partial charge in [-0.05, 0) is 75.8 Å². The first-order valence-corrected chi connectivity index (χ1v) is 14.0. The molecule has 1 aliphatic rings. The first kappa shape index (κ1) is 25.9. The Morgan fingerprint density at radius 3 is 2.68 bits per heavy atom. The van der Waals surface area contributed by atoms with Gasteiger partial charge in [0.25, 0.3) is 5.91 Å². The first-order valence-electron chi connectivity index (χ1n) is 13.1. The van der Waals surface area contributed by atoms with Gasteiger partial charge < -0.3 is 14.8 Å². The maximum absolute atomic E-state index is 13.9. The topological polar surface area (TPSA) is 77.5 Å². The van der Waals surface area contributed by atoms with Crippen molar-refractivity contribution in [2.45, 2.75) is 53.1 Å². The molecule has 0 saturated carbocycles. The van der Waals surface area contributed by atoms with Gasteiger partial charge in [-0.3, -0.25) is 4.79 Å². The molecule has 0 unspecified atom stereocenters. The van der Waals surface area contributed by atoms with Crippen molar-refractivity contribution in [3.63, 3.8) is 0 Å². The van der Waals surface area contributed by atoms with Crippen LogP contribution in [0.3, 0.4) is 0 Å². The highest BCUT2D eigenvalue weighted by molar-refractivity contribution is 7.17. The van der Waals surface area contributed by atoms with E-state index < -0.39 is 0 Å². The molecule has 7 heteroatoms. The van der Waals surface area contributed by atoms with E-state index in [4.69, 9.17) is 14.5 Å². The van der Waals surface area contributed by atoms with E-state index in [9.17, 15) is 9.59 Å². The van der Waals surface area contributed by atoms with Crippen molar-refractivity contribution in [3.05, 3.63) is 76.2 Å². The normalized spacial score (nSPS) is 14.8. The molecule has 1 N–H and O–H groups in total. The van der Waals surface area contributed by atoms with Crippen molar-refractivity contribution in [1.82, 2.24) is 4.98 Å². The smallest absolute Gasteiger partial charge is 0.341 e. The van der Waals surface area contributed by atoms with Gasteiger partial charge in [0.1, 0.15) is 10.8 Å². The van der Waals surface area contributed by atoms with E-state index >= 15 is 0 Å². The third-order valence-corrected chi connectivity index (χ3v) is 7.87. The van der Waals surface area contributed by atoms with Gasteiger partial charge in [-0.1, -0.05) is 37.3 Å². The molecule has 2 aromatic heterocycles. The third kappa shape index (κ3) is 5.16. The van der Waals surface area contributed by atoms with Crippen molar-refractivity contribution >= 4 is 39.1 Å². The van der Waals surface area contributed by atoms with Crippen LogP contribution in [0.4, 0.5) is 5.00 Å². The van der Waals surface area contributed by atoms with Crippen LogP contribution in [-0.2, 0) is 17.6 Å². The van der Waals surface area contributed by atoms with E-state index in [-0.39, 0.29) is 24.6 Å². The molecule has 0 aliphatic heterocycles. The average Bonchev–Trinajstić information content (AvgIpc) is 3.24. The van der Waals surface area contributed by atoms with Crippen molar-refractivity contribution in [2.24, 2.45) is 5.92 Å². The second-order valence-corrected chi connectivity index (χ2v) is 11.1. The van der Waals surface area contributed by atoms with Gasteiger partial charge in [-0.25, -0.2) is 9.78 Å². The Bertz CT molecular complexity index is 1510. The summed E-state index contributed by atoms with van der Waals surface area (Å²) in [6, 6.07) is 17.1. The quantitative estimate of drug-likeness (QED) is 0.255. The number of para-hydroxylation sites is 2. The predicted molar refractivity (Wildman–Crippen MR) is 152 cm³/mol. The molecular formula is C31H32N2O4S. The second kappa shape index (κ2) is 11.0. The lowest BCUT2D eigenvalue weighted by Crippen LogP contribution is -2.17. The number of carbonyl (C=O) groups is 2. The van der Waals surface area contributed by atoms with Crippen LogP contribution in [0, 0.1) is 5.92 Å². The Morgan fingerprint density at radius 1 is 1.13 bits per heavy atom. The Morgan fingerprint density at radius 2 is 1.89 bits per heavy atom. The highest BCUT2D eigenvalue weighted by atomic mass is 32.1. The molecule has 0 radical (unpaired) electrons. The van der Waals surface area contributed by atoms with E-state index in [0.29, 0.717) is 39.0 Å². The minimum absolute atomic E-state index is 0.00625. The molecule has 1 atom stereocenters. The molecule has 2 aromatic carbocycles. The average molecular weight is 529 g/mol. The van der Waals surface area contributed by atoms with Gasteiger partial charge >= 0.3 is 5.97 Å². The monoisotopic (exact) mass is 528 g/mol. The van der Waals surface area contributed by atoms with Crippen molar-refractivity contribution < 1.29 is 19.1 Å². The zero-order valence-corrected chi connectivity index (χ0v) is 23.0. The lowest BCUT2D eigenvalue weighted by Gasteiger charge is -2.18. The summed E-state index contributed by atoms with van der Waals surface area (Å²) in [7, 11) is 0. The second-order valence-electron chi connectivity index (χ2n) is 9.97. The number of carbonyl (C=O) groups excluding carboxylic acids is 2. The van der Waals surface area contributed by atoms with Crippen molar-refractivity contribution in [1.29, 1.82) is 0 Å². The molecular weight excluding hydrogens is 496 g/mol. The summed E-state index contributed by atoms with van der Waals surface area (Å²) >= 11 is 1.49. The number of nitrogens with one attached hydrogen (secondary N) is 1. The van der Waals surface area contributed by atoms with E-state index in [1.807, 2.05) is 62.4 Å². The van der Waals surface area contributed by atoms with E-state index in [1.54, 1.807) is 13.0 Å². The third-order valence-electron chi connectivity index (χ3n) is 6.70. The van der Waals surface area contributed by atoms with Crippen LogP contribution in [-0.4, -0.2) is 29.6 Å². The molecule has 6 nitrogen and oxygen atoms in total. The van der Waals surface area contributed by atoms with E-state index in [0.717, 1.165) is 40.7 Å². The molecule has 0 spiro atoms. The minimum Gasteiger partial charge on any atom is -0.490 e. The van der Waals surface area contributed by atoms with Gasteiger partial charge in [0.05, 0.1) is 35.0 Å². The van der Waals surface area contributed by atoms with Gasteiger partial charge in [0, 0.05) is 15.8 Å². The number of amides is 1. The van der Waals surface area contributed by atoms with Crippen molar-refractivity contribution in [3.8, 4) is 17.0 Å². The summed E-state index contributed by atoms with van der Waals surface area (Å²) in [5, 5.41) is 4.37. The fourth-order valence-electron chi connectivity index (χ4n) is 4.96. The van der Waals surface area contributed by atoms with Gasteiger partial charge in [-0.15, -0.1) is 11.3 Å². The van der Waals surface area contributed by atoms with Crippen LogP contribution in [0.1, 0.15) is 65.3 Å². The van der Waals surface area contributed by atoms with Crippen LogP contribution in [0.15, 0.2) is 54.6 Å². The summed E-state index contributed by atoms with van der Waals surface area (Å²) in [6.45, 7) is 8.25. The number of aromatic nitrogens is 1. The largest absolute Gasteiger partial charge is 0.490 e. The van der Waals surface area contributed by atoms with Crippen molar-refractivity contribution in [2.75, 3.05) is 11.9 Å². The number of rotatable bonds is 7. The number of pyridine rings is 1. The molecule has 5 rings (SSSR count). The molecule has 196 valence electrons. The number of anilines is 1. The lowest BCUT2D eigenvalue weighted by molar-refractivity contribution is 0.0526. The Kier molecular flexibility index (Phi) is 7.47. The van der Waals surface area contributed by atoms with Crippen LogP contribution in [0.25, 0.3) is 22.2 Å². The summed E-state index contributed by atoms with van der Waals surface area (Å²) < 4.78 is 11.4. The van der Waals surface area contributed by atoms with Crippen LogP contribution in [0.5, 0.6) is 5.75 Å². The number of esters is 1. The number of ether oxygens (including phenoxy) is 2. The molecule has 1 aliphatic carbocycles. The summed E-state index contributed by atoms with van der Waals surface area (Å²) in [5.41, 5.74) is 4.17. The zero-order chi connectivity index (χ0) is 26.8. The van der Waals surface area contributed by atoms with E-state index in [1.165, 1.54) is 11.3 Å². The van der Waals surface area contributed by atoms with Crippen LogP contribution < -0.4 is 10.1 Å². The molecule has 0 bridgehead atoms. The number of benzene rings is 2. The molecule has 4 aromatic rings. The molecule has 0 saturated heterocycles. The maximum Gasteiger partial charge on any atom is 0.341 e. The first-order chi connectivity index (χ1) is 18.4. The minimum atomic E-state index is -0.380. The van der Waals surface area contributed by atoms with Crippen LogP contribution in [0.2, 0.25) is 0 Å². The Labute approximate surface area is 227 Å². The summed E-state index contributed by atoms with van der Waals surface area (Å²) in [5.74, 6) is 0.583. The Hall–Kier alpha value is -3.71. The fraction of sp³-hybridized carbons (Fsp3) is 0.323. The van der Waals surface area contributed by atoms with Gasteiger partial charge in [0.15, 0.2) is 0 Å². The van der Waals surface area contributed by atoms with E-state index in [2.05, 4.69) is 12.2 Å². The molecule has 38 heavy (non-hydrogen) atoms. The van der Waals surface area contributed by atoms with Gasteiger partial charge in [0.2, 0.25) is 0 Å². The fourth-order valence-corrected chi connectivity index (χ4v) is 6.36. The number of thiophene rings is 1. The SMILES string of the molecule is CCOC(=O)c1c(NC(=O)c2cc(-c3ccccc3OC(C)C)nc3ccccc23)sc2c1CC[C@@H](C)C2.